The number of ether oxygens (including phenoxy) is 1. The first kappa shape index (κ1) is 21.1. The Morgan fingerprint density at radius 2 is 1.67 bits per heavy atom. The number of aryl methyl sites for hydroxylation is 1. The van der Waals surface area contributed by atoms with Gasteiger partial charge < -0.3 is 9.30 Å². The zero-order chi connectivity index (χ0) is 22.8. The van der Waals surface area contributed by atoms with Crippen LogP contribution in [0.4, 0.5) is 0 Å². The van der Waals surface area contributed by atoms with Crippen molar-refractivity contribution >= 4 is 33.2 Å². The summed E-state index contributed by atoms with van der Waals surface area (Å²) in [6, 6.07) is 15.6. The van der Waals surface area contributed by atoms with Crippen molar-refractivity contribution in [2.45, 2.75) is 45.7 Å². The van der Waals surface area contributed by atoms with E-state index in [-0.39, 0.29) is 5.56 Å². The summed E-state index contributed by atoms with van der Waals surface area (Å²) in [4.78, 5) is 28.0. The molecule has 2 aromatic carbocycles. The van der Waals surface area contributed by atoms with Gasteiger partial charge in [0.25, 0.3) is 5.56 Å². The number of fused-ring (bicyclic) bond motifs is 4. The summed E-state index contributed by atoms with van der Waals surface area (Å²) in [5.74, 6) is 0.802. The molecule has 0 radical (unpaired) electrons. The molecule has 0 unspecified atom stereocenters. The average Bonchev–Trinajstić information content (AvgIpc) is 3.15. The second-order valence-electron chi connectivity index (χ2n) is 8.32. The maximum absolute atomic E-state index is 13.5. The lowest BCUT2D eigenvalue weighted by molar-refractivity contribution is 0.414. The van der Waals surface area contributed by atoms with E-state index in [4.69, 9.17) is 19.7 Å². The summed E-state index contributed by atoms with van der Waals surface area (Å²) in [6.07, 6.45) is 6.06. The van der Waals surface area contributed by atoms with Gasteiger partial charge in [-0.2, -0.15) is 0 Å². The van der Waals surface area contributed by atoms with Crippen LogP contribution in [0.5, 0.6) is 5.75 Å². The van der Waals surface area contributed by atoms with Gasteiger partial charge in [0.1, 0.15) is 16.7 Å². The highest BCUT2D eigenvalue weighted by molar-refractivity contribution is 6.04. The lowest BCUT2D eigenvalue weighted by Gasteiger charge is -2.08. The molecule has 0 aliphatic rings. The number of aromatic nitrogens is 5. The predicted molar refractivity (Wildman–Crippen MR) is 131 cm³/mol. The van der Waals surface area contributed by atoms with Crippen LogP contribution in [-0.2, 0) is 13.1 Å². The van der Waals surface area contributed by atoms with Crippen LogP contribution < -0.4 is 10.3 Å². The zero-order valence-electron chi connectivity index (χ0n) is 19.0. The maximum atomic E-state index is 13.5. The third-order valence-corrected chi connectivity index (χ3v) is 6.07. The van der Waals surface area contributed by atoms with Crippen LogP contribution in [-0.4, -0.2) is 31.2 Å². The topological polar surface area (TPSA) is 74.8 Å². The molecular weight excluding hydrogens is 414 g/mol. The predicted octanol–water partition coefficient (Wildman–Crippen LogP) is 4.93. The third-order valence-electron chi connectivity index (χ3n) is 6.07. The molecule has 7 nitrogen and oxygen atoms in total. The smallest absolute Gasteiger partial charge is 0.265 e. The van der Waals surface area contributed by atoms with Gasteiger partial charge in [0.05, 0.1) is 31.0 Å². The van der Waals surface area contributed by atoms with Gasteiger partial charge in [0.2, 0.25) is 0 Å². The molecule has 168 valence electrons. The summed E-state index contributed by atoms with van der Waals surface area (Å²) in [5, 5.41) is 0.537. The van der Waals surface area contributed by atoms with Gasteiger partial charge in [-0.25, -0.2) is 15.0 Å². The summed E-state index contributed by atoms with van der Waals surface area (Å²) in [5.41, 5.74) is 4.47. The summed E-state index contributed by atoms with van der Waals surface area (Å²) in [7, 11) is 1.65. The fourth-order valence-corrected chi connectivity index (χ4v) is 4.27. The number of para-hydroxylation sites is 2. The standard InChI is InChI=1S/C26H27N5O2/c1-3-4-5-8-15-30-17-27-24-22(26(30)32)23-25(29-21-10-7-6-9-20(21)28-23)31(24)16-18-11-13-19(33-2)14-12-18/h6-7,9-14,17H,3-5,8,15-16H2,1-2H3. The van der Waals surface area contributed by atoms with E-state index < -0.39 is 0 Å². The fourth-order valence-electron chi connectivity index (χ4n) is 4.27. The Labute approximate surface area is 191 Å². The van der Waals surface area contributed by atoms with Crippen LogP contribution >= 0.6 is 0 Å². The molecule has 33 heavy (non-hydrogen) atoms. The van der Waals surface area contributed by atoms with Gasteiger partial charge in [-0.3, -0.25) is 9.36 Å². The number of hydrogen-bond acceptors (Lipinski definition) is 5. The number of hydrogen-bond donors (Lipinski definition) is 0. The van der Waals surface area contributed by atoms with Gasteiger partial charge >= 0.3 is 0 Å². The first-order chi connectivity index (χ1) is 16.2. The number of benzene rings is 2. The third kappa shape index (κ3) is 3.95. The fraction of sp³-hybridized carbons (Fsp3) is 0.308. The van der Waals surface area contributed by atoms with E-state index in [1.54, 1.807) is 18.0 Å². The van der Waals surface area contributed by atoms with Crippen molar-refractivity contribution in [3.05, 3.63) is 70.8 Å². The highest BCUT2D eigenvalue weighted by atomic mass is 16.5. The minimum absolute atomic E-state index is 0.0560. The van der Waals surface area contributed by atoms with Crippen LogP contribution in [0.3, 0.4) is 0 Å². The molecule has 7 heteroatoms. The lowest BCUT2D eigenvalue weighted by Crippen LogP contribution is -2.21. The minimum Gasteiger partial charge on any atom is -0.497 e. The SMILES string of the molecule is CCCCCCn1cnc2c(c1=O)c1nc3ccccc3nc1n2Cc1ccc(OC)cc1. The van der Waals surface area contributed by atoms with Crippen LogP contribution in [0.2, 0.25) is 0 Å². The zero-order valence-corrected chi connectivity index (χ0v) is 19.0. The van der Waals surface area contributed by atoms with Gasteiger partial charge in [-0.15, -0.1) is 0 Å². The summed E-state index contributed by atoms with van der Waals surface area (Å²) >= 11 is 0. The Morgan fingerprint density at radius 3 is 2.39 bits per heavy atom. The normalized spacial score (nSPS) is 11.6. The van der Waals surface area contributed by atoms with Crippen molar-refractivity contribution in [2.75, 3.05) is 7.11 Å². The van der Waals surface area contributed by atoms with Crippen LogP contribution in [0.15, 0.2) is 59.7 Å². The van der Waals surface area contributed by atoms with Crippen molar-refractivity contribution in [3.8, 4) is 5.75 Å². The number of methoxy groups -OCH3 is 1. The molecule has 0 amide bonds. The van der Waals surface area contributed by atoms with Crippen molar-refractivity contribution in [2.24, 2.45) is 0 Å². The maximum Gasteiger partial charge on any atom is 0.265 e. The van der Waals surface area contributed by atoms with Crippen molar-refractivity contribution in [1.29, 1.82) is 0 Å². The van der Waals surface area contributed by atoms with E-state index >= 15 is 0 Å². The summed E-state index contributed by atoms with van der Waals surface area (Å²) < 4.78 is 8.99. The van der Waals surface area contributed by atoms with Gasteiger partial charge in [-0.05, 0) is 36.2 Å². The van der Waals surface area contributed by atoms with E-state index in [1.807, 2.05) is 53.1 Å². The molecule has 5 aromatic rings. The first-order valence-electron chi connectivity index (χ1n) is 11.5. The van der Waals surface area contributed by atoms with E-state index in [0.717, 1.165) is 41.6 Å². The largest absolute Gasteiger partial charge is 0.497 e. The molecule has 0 atom stereocenters. The Morgan fingerprint density at radius 1 is 0.909 bits per heavy atom. The van der Waals surface area contributed by atoms with Crippen molar-refractivity contribution in [1.82, 2.24) is 24.1 Å². The molecule has 0 aliphatic carbocycles. The van der Waals surface area contributed by atoms with Crippen LogP contribution in [0.1, 0.15) is 38.2 Å². The summed E-state index contributed by atoms with van der Waals surface area (Å²) in [6.45, 7) is 3.37. The second kappa shape index (κ2) is 9.02. The molecule has 3 heterocycles. The molecule has 0 saturated heterocycles. The number of rotatable bonds is 8. The van der Waals surface area contributed by atoms with Gasteiger partial charge in [0, 0.05) is 6.54 Å². The van der Waals surface area contributed by atoms with E-state index in [9.17, 15) is 4.79 Å². The number of unbranched alkanes of at least 4 members (excludes halogenated alkanes) is 3. The molecule has 0 saturated carbocycles. The molecule has 0 N–H and O–H groups in total. The molecule has 0 spiro atoms. The monoisotopic (exact) mass is 441 g/mol. The second-order valence-corrected chi connectivity index (χ2v) is 8.32. The molecular formula is C26H27N5O2. The van der Waals surface area contributed by atoms with E-state index in [1.165, 1.54) is 6.42 Å². The molecule has 3 aromatic heterocycles. The quantitative estimate of drug-likeness (QED) is 0.319. The highest BCUT2D eigenvalue weighted by Gasteiger charge is 2.20. The first-order valence-corrected chi connectivity index (χ1v) is 11.5. The van der Waals surface area contributed by atoms with Crippen LogP contribution in [0.25, 0.3) is 33.2 Å². The van der Waals surface area contributed by atoms with Crippen molar-refractivity contribution < 1.29 is 4.74 Å². The van der Waals surface area contributed by atoms with E-state index in [2.05, 4.69) is 6.92 Å². The lowest BCUT2D eigenvalue weighted by atomic mass is 10.2. The highest BCUT2D eigenvalue weighted by Crippen LogP contribution is 2.26. The Bertz CT molecular complexity index is 1480. The van der Waals surface area contributed by atoms with E-state index in [0.29, 0.717) is 35.3 Å². The minimum atomic E-state index is -0.0560. The molecule has 5 rings (SSSR count). The van der Waals surface area contributed by atoms with Gasteiger partial charge in [0.15, 0.2) is 11.3 Å². The average molecular weight is 442 g/mol. The molecule has 0 bridgehead atoms. The molecule has 0 fully saturated rings. The number of nitrogens with zero attached hydrogens (tertiary/aromatic N) is 5. The van der Waals surface area contributed by atoms with Crippen molar-refractivity contribution in [3.63, 3.8) is 0 Å². The Hall–Kier alpha value is -3.74. The Kier molecular flexibility index (Phi) is 5.77. The Balaban J connectivity index is 1.68. The van der Waals surface area contributed by atoms with Gasteiger partial charge in [-0.1, -0.05) is 50.5 Å². The van der Waals surface area contributed by atoms with Crippen LogP contribution in [0, 0.1) is 0 Å². The molecule has 0 aliphatic heterocycles.